The molecule has 20 heavy (non-hydrogen) atoms. The average molecular weight is 337 g/mol. The van der Waals surface area contributed by atoms with Crippen molar-refractivity contribution in [3.63, 3.8) is 0 Å². The van der Waals surface area contributed by atoms with Gasteiger partial charge in [0.2, 0.25) is 0 Å². The molecule has 3 rings (SSSR count). The van der Waals surface area contributed by atoms with Gasteiger partial charge in [0.1, 0.15) is 0 Å². The lowest BCUT2D eigenvalue weighted by molar-refractivity contribution is -0.384. The average Bonchev–Trinajstić information content (AvgIpc) is 3.16. The summed E-state index contributed by atoms with van der Waals surface area (Å²) in [4.78, 5) is 14.5. The van der Waals surface area contributed by atoms with E-state index < -0.39 is 4.92 Å². The minimum absolute atomic E-state index is 0.0745. The Morgan fingerprint density at radius 2 is 2.30 bits per heavy atom. The number of non-ortho nitro benzene ring substituents is 1. The Hall–Kier alpha value is -1.89. The van der Waals surface area contributed by atoms with Crippen molar-refractivity contribution in [2.45, 2.75) is 25.4 Å². The van der Waals surface area contributed by atoms with E-state index in [2.05, 4.69) is 30.8 Å². The molecule has 0 bridgehead atoms. The Bertz CT molecular complexity index is 652. The zero-order chi connectivity index (χ0) is 14.1. The van der Waals surface area contributed by atoms with Crippen molar-refractivity contribution in [2.24, 2.45) is 0 Å². The molecule has 0 aliphatic heterocycles. The zero-order valence-corrected chi connectivity index (χ0v) is 12.2. The number of imidazole rings is 1. The monoisotopic (exact) mass is 336 g/mol. The Labute approximate surface area is 124 Å². The number of benzene rings is 1. The number of anilines is 1. The number of nitrogens with one attached hydrogen (secondary N) is 1. The SMILES string of the molecule is O=[N+]([O-])c1ccc(NCc2cncn2C2CC2)c(Br)c1. The first-order valence-electron chi connectivity index (χ1n) is 6.33. The smallest absolute Gasteiger partial charge is 0.270 e. The van der Waals surface area contributed by atoms with Gasteiger partial charge in [0, 0.05) is 34.5 Å². The third-order valence-electron chi connectivity index (χ3n) is 3.31. The van der Waals surface area contributed by atoms with Crippen LogP contribution in [0.25, 0.3) is 0 Å². The van der Waals surface area contributed by atoms with Crippen LogP contribution in [0, 0.1) is 10.1 Å². The molecule has 0 atom stereocenters. The van der Waals surface area contributed by atoms with Crippen LogP contribution in [0.5, 0.6) is 0 Å². The molecule has 1 N–H and O–H groups in total. The molecule has 0 radical (unpaired) electrons. The van der Waals surface area contributed by atoms with Gasteiger partial charge < -0.3 is 9.88 Å². The standard InChI is InChI=1S/C13H13BrN4O2/c14-12-5-10(18(19)20)3-4-13(12)16-7-11-6-15-8-17(11)9-1-2-9/h3-6,8-9,16H,1-2,7H2. The molecule has 1 saturated carbocycles. The highest BCUT2D eigenvalue weighted by Crippen LogP contribution is 2.36. The quantitative estimate of drug-likeness (QED) is 0.669. The summed E-state index contributed by atoms with van der Waals surface area (Å²) in [6, 6.07) is 5.29. The molecular weight excluding hydrogens is 324 g/mol. The van der Waals surface area contributed by atoms with Crippen LogP contribution in [0.15, 0.2) is 35.2 Å². The minimum Gasteiger partial charge on any atom is -0.378 e. The van der Waals surface area contributed by atoms with E-state index in [1.54, 1.807) is 6.07 Å². The summed E-state index contributed by atoms with van der Waals surface area (Å²) in [7, 11) is 0. The van der Waals surface area contributed by atoms with Crippen LogP contribution in [-0.2, 0) is 6.54 Å². The summed E-state index contributed by atoms with van der Waals surface area (Å²) in [6.07, 6.45) is 6.14. The van der Waals surface area contributed by atoms with Gasteiger partial charge in [-0.1, -0.05) is 0 Å². The van der Waals surface area contributed by atoms with Gasteiger partial charge >= 0.3 is 0 Å². The van der Waals surface area contributed by atoms with Gasteiger partial charge in [0.05, 0.1) is 23.5 Å². The molecule has 1 aliphatic rings. The predicted molar refractivity (Wildman–Crippen MR) is 78.6 cm³/mol. The van der Waals surface area contributed by atoms with Crippen molar-refractivity contribution in [1.29, 1.82) is 0 Å². The van der Waals surface area contributed by atoms with E-state index in [1.807, 2.05) is 12.5 Å². The summed E-state index contributed by atoms with van der Waals surface area (Å²) in [5, 5.41) is 14.0. The Kier molecular flexibility index (Phi) is 3.43. The second-order valence-corrected chi connectivity index (χ2v) is 5.65. The number of halogens is 1. The number of nitro benzene ring substituents is 1. The molecular formula is C13H13BrN4O2. The van der Waals surface area contributed by atoms with E-state index in [9.17, 15) is 10.1 Å². The molecule has 0 saturated heterocycles. The van der Waals surface area contributed by atoms with Crippen LogP contribution in [-0.4, -0.2) is 14.5 Å². The summed E-state index contributed by atoms with van der Waals surface area (Å²) in [5.41, 5.74) is 2.03. The molecule has 0 unspecified atom stereocenters. The summed E-state index contributed by atoms with van der Waals surface area (Å²) < 4.78 is 2.87. The van der Waals surface area contributed by atoms with Gasteiger partial charge in [0.25, 0.3) is 5.69 Å². The lowest BCUT2D eigenvalue weighted by Gasteiger charge is -2.10. The Morgan fingerprint density at radius 1 is 1.50 bits per heavy atom. The Morgan fingerprint density at radius 3 is 2.95 bits per heavy atom. The number of rotatable bonds is 5. The maximum atomic E-state index is 10.7. The van der Waals surface area contributed by atoms with Crippen LogP contribution in [0.1, 0.15) is 24.6 Å². The van der Waals surface area contributed by atoms with Crippen molar-refractivity contribution in [1.82, 2.24) is 9.55 Å². The highest BCUT2D eigenvalue weighted by atomic mass is 79.9. The molecule has 7 heteroatoms. The van der Waals surface area contributed by atoms with E-state index >= 15 is 0 Å². The van der Waals surface area contributed by atoms with E-state index in [0.29, 0.717) is 17.1 Å². The summed E-state index contributed by atoms with van der Waals surface area (Å²) in [6.45, 7) is 0.646. The molecule has 0 spiro atoms. The van der Waals surface area contributed by atoms with E-state index in [4.69, 9.17) is 0 Å². The zero-order valence-electron chi connectivity index (χ0n) is 10.6. The maximum absolute atomic E-state index is 10.7. The second kappa shape index (κ2) is 5.24. The van der Waals surface area contributed by atoms with Crippen molar-refractivity contribution < 1.29 is 4.92 Å². The fourth-order valence-electron chi connectivity index (χ4n) is 2.10. The van der Waals surface area contributed by atoms with Crippen LogP contribution >= 0.6 is 15.9 Å². The fourth-order valence-corrected chi connectivity index (χ4v) is 2.60. The molecule has 2 aromatic rings. The van der Waals surface area contributed by atoms with Gasteiger partial charge in [-0.3, -0.25) is 10.1 Å². The number of hydrogen-bond acceptors (Lipinski definition) is 4. The molecule has 1 aromatic carbocycles. The number of aromatic nitrogens is 2. The van der Waals surface area contributed by atoms with E-state index in [-0.39, 0.29) is 5.69 Å². The van der Waals surface area contributed by atoms with Crippen molar-refractivity contribution >= 4 is 27.3 Å². The molecule has 6 nitrogen and oxygen atoms in total. The first kappa shape index (κ1) is 13.1. The molecule has 0 amide bonds. The lowest BCUT2D eigenvalue weighted by Crippen LogP contribution is -2.06. The van der Waals surface area contributed by atoms with Crippen LogP contribution in [0.3, 0.4) is 0 Å². The molecule has 104 valence electrons. The van der Waals surface area contributed by atoms with Crippen molar-refractivity contribution in [3.05, 3.63) is 51.0 Å². The predicted octanol–water partition coefficient (Wildman–Crippen LogP) is 3.50. The number of nitrogens with zero attached hydrogens (tertiary/aromatic N) is 3. The number of hydrogen-bond donors (Lipinski definition) is 1. The fraction of sp³-hybridized carbons (Fsp3) is 0.308. The molecule has 1 aromatic heterocycles. The normalized spacial score (nSPS) is 14.2. The third-order valence-corrected chi connectivity index (χ3v) is 3.97. The van der Waals surface area contributed by atoms with Gasteiger partial charge in [0.15, 0.2) is 0 Å². The van der Waals surface area contributed by atoms with E-state index in [1.165, 1.54) is 25.0 Å². The molecule has 1 aliphatic carbocycles. The second-order valence-electron chi connectivity index (χ2n) is 4.80. The van der Waals surface area contributed by atoms with Gasteiger partial charge in [-0.25, -0.2) is 4.98 Å². The Balaban J connectivity index is 1.71. The lowest BCUT2D eigenvalue weighted by atomic mass is 10.3. The molecule has 1 heterocycles. The van der Waals surface area contributed by atoms with Crippen LogP contribution in [0.4, 0.5) is 11.4 Å². The highest BCUT2D eigenvalue weighted by molar-refractivity contribution is 9.10. The first-order chi connectivity index (χ1) is 9.65. The first-order valence-corrected chi connectivity index (χ1v) is 7.13. The maximum Gasteiger partial charge on any atom is 0.270 e. The third kappa shape index (κ3) is 2.67. The minimum atomic E-state index is -0.406. The van der Waals surface area contributed by atoms with Gasteiger partial charge in [-0.2, -0.15) is 0 Å². The largest absolute Gasteiger partial charge is 0.378 e. The van der Waals surface area contributed by atoms with Gasteiger partial charge in [-0.05, 0) is 34.8 Å². The topological polar surface area (TPSA) is 73.0 Å². The van der Waals surface area contributed by atoms with Crippen LogP contribution < -0.4 is 5.32 Å². The van der Waals surface area contributed by atoms with E-state index in [0.717, 1.165) is 11.4 Å². The number of nitro groups is 1. The molecule has 1 fully saturated rings. The van der Waals surface area contributed by atoms with Crippen molar-refractivity contribution in [3.8, 4) is 0 Å². The van der Waals surface area contributed by atoms with Crippen LogP contribution in [0.2, 0.25) is 0 Å². The summed E-state index contributed by atoms with van der Waals surface area (Å²) in [5.74, 6) is 0. The van der Waals surface area contributed by atoms with Gasteiger partial charge in [-0.15, -0.1) is 0 Å². The van der Waals surface area contributed by atoms with Crippen molar-refractivity contribution in [2.75, 3.05) is 5.32 Å². The highest BCUT2D eigenvalue weighted by Gasteiger charge is 2.25. The summed E-state index contributed by atoms with van der Waals surface area (Å²) >= 11 is 3.35.